The fourth-order valence-electron chi connectivity index (χ4n) is 3.68. The predicted octanol–water partition coefficient (Wildman–Crippen LogP) is 3.68. The molecule has 1 aliphatic rings. The minimum Gasteiger partial charge on any atom is -0.493 e. The van der Waals surface area contributed by atoms with Gasteiger partial charge in [-0.3, -0.25) is 9.59 Å². The summed E-state index contributed by atoms with van der Waals surface area (Å²) in [5, 5.41) is 3.76. The molecule has 0 radical (unpaired) electrons. The molecule has 2 aromatic carbocycles. The van der Waals surface area contributed by atoms with E-state index in [4.69, 9.17) is 14.2 Å². The van der Waals surface area contributed by atoms with Gasteiger partial charge in [-0.25, -0.2) is 4.98 Å². The van der Waals surface area contributed by atoms with E-state index in [1.807, 2.05) is 24.3 Å². The highest BCUT2D eigenvalue weighted by Gasteiger charge is 2.25. The lowest BCUT2D eigenvalue weighted by Crippen LogP contribution is -2.35. The third-order valence-electron chi connectivity index (χ3n) is 5.41. The molecule has 0 saturated heterocycles. The van der Waals surface area contributed by atoms with Gasteiger partial charge in [-0.1, -0.05) is 23.9 Å². The number of thioether (sulfide) groups is 1. The maximum atomic E-state index is 12.7. The maximum Gasteiger partial charge on any atom is 0.251 e. The first kappa shape index (κ1) is 23.4. The molecular weight excluding hydrogens is 454 g/mol. The summed E-state index contributed by atoms with van der Waals surface area (Å²) in [6.45, 7) is 0.715. The van der Waals surface area contributed by atoms with Gasteiger partial charge >= 0.3 is 0 Å². The van der Waals surface area contributed by atoms with Crippen LogP contribution >= 0.6 is 11.8 Å². The Bertz CT molecular complexity index is 1170. The number of amides is 2. The largest absolute Gasteiger partial charge is 0.493 e. The highest BCUT2D eigenvalue weighted by molar-refractivity contribution is 8.00. The van der Waals surface area contributed by atoms with Crippen molar-refractivity contribution in [3.05, 3.63) is 71.4 Å². The Morgan fingerprint density at radius 2 is 1.74 bits per heavy atom. The van der Waals surface area contributed by atoms with Crippen molar-refractivity contribution in [1.29, 1.82) is 0 Å². The molecule has 0 unspecified atom stereocenters. The number of rotatable bonds is 8. The third kappa shape index (κ3) is 4.94. The van der Waals surface area contributed by atoms with E-state index in [9.17, 15) is 9.59 Å². The van der Waals surface area contributed by atoms with Gasteiger partial charge in [-0.05, 0) is 47.5 Å². The molecule has 1 aromatic heterocycles. The molecule has 1 N–H and O–H groups in total. The van der Waals surface area contributed by atoms with Gasteiger partial charge in [0.2, 0.25) is 11.7 Å². The fraction of sp³-hybridized carbons (Fsp3) is 0.240. The van der Waals surface area contributed by atoms with E-state index in [1.165, 1.54) is 11.8 Å². The monoisotopic (exact) mass is 479 g/mol. The highest BCUT2D eigenvalue weighted by atomic mass is 32.2. The van der Waals surface area contributed by atoms with Gasteiger partial charge in [0.05, 0.1) is 39.3 Å². The van der Waals surface area contributed by atoms with Gasteiger partial charge in [0.15, 0.2) is 11.5 Å². The first-order valence-electron chi connectivity index (χ1n) is 10.6. The topological polar surface area (TPSA) is 90.0 Å². The second kappa shape index (κ2) is 10.5. The molecule has 0 spiro atoms. The van der Waals surface area contributed by atoms with Crippen LogP contribution in [0.2, 0.25) is 0 Å². The van der Waals surface area contributed by atoms with Crippen LogP contribution in [0.4, 0.5) is 5.69 Å². The number of carbonyl (C=O) groups excluding carboxylic acids is 2. The number of aromatic nitrogens is 1. The summed E-state index contributed by atoms with van der Waals surface area (Å²) in [6, 6.07) is 14.6. The second-order valence-electron chi connectivity index (χ2n) is 7.51. The molecule has 0 atom stereocenters. The Labute approximate surface area is 202 Å². The SMILES string of the molecule is COc1cc(CNC(=O)c2ccc(CN3C(=O)CSc4ncccc43)cc2)cc(OC)c1OC. The number of ether oxygens (including phenoxy) is 3. The fourth-order valence-corrected chi connectivity index (χ4v) is 4.56. The maximum absolute atomic E-state index is 12.7. The number of pyridine rings is 1. The number of nitrogens with one attached hydrogen (secondary N) is 1. The molecule has 0 bridgehead atoms. The molecule has 0 saturated carbocycles. The molecule has 2 amide bonds. The van der Waals surface area contributed by atoms with Crippen LogP contribution in [-0.4, -0.2) is 43.9 Å². The van der Waals surface area contributed by atoms with E-state index in [1.54, 1.807) is 56.7 Å². The molecule has 4 rings (SSSR count). The van der Waals surface area contributed by atoms with Crippen LogP contribution in [-0.2, 0) is 17.9 Å². The molecule has 0 fully saturated rings. The zero-order valence-electron chi connectivity index (χ0n) is 19.2. The van der Waals surface area contributed by atoms with Gasteiger partial charge in [0.1, 0.15) is 5.03 Å². The van der Waals surface area contributed by atoms with Gasteiger partial charge in [0.25, 0.3) is 5.91 Å². The molecule has 1 aliphatic heterocycles. The standard InChI is InChI=1S/C25H25N3O5S/c1-31-20-11-17(12-21(32-2)23(20)33-3)13-27-24(30)18-8-6-16(7-9-18)14-28-19-5-4-10-26-25(19)34-15-22(28)29/h4-12H,13-15H2,1-3H3,(H,27,30). The Kier molecular flexibility index (Phi) is 7.22. The van der Waals surface area contributed by atoms with Gasteiger partial charge in [0, 0.05) is 18.3 Å². The summed E-state index contributed by atoms with van der Waals surface area (Å²) in [6.07, 6.45) is 1.73. The predicted molar refractivity (Wildman–Crippen MR) is 130 cm³/mol. The van der Waals surface area contributed by atoms with Crippen molar-refractivity contribution < 1.29 is 23.8 Å². The van der Waals surface area contributed by atoms with Crippen molar-refractivity contribution in [3.8, 4) is 17.2 Å². The van der Waals surface area contributed by atoms with Gasteiger partial charge in [-0.15, -0.1) is 0 Å². The minimum atomic E-state index is -0.208. The van der Waals surface area contributed by atoms with E-state index in [0.717, 1.165) is 21.8 Å². The molecule has 3 aromatic rings. The van der Waals surface area contributed by atoms with E-state index >= 15 is 0 Å². The normalized spacial score (nSPS) is 12.7. The zero-order chi connectivity index (χ0) is 24.1. The van der Waals surface area contributed by atoms with Crippen molar-refractivity contribution in [1.82, 2.24) is 10.3 Å². The molecular formula is C25H25N3O5S. The van der Waals surface area contributed by atoms with E-state index in [-0.39, 0.29) is 11.8 Å². The summed E-state index contributed by atoms with van der Waals surface area (Å²) in [5.74, 6) is 1.75. The number of hydrogen-bond donors (Lipinski definition) is 1. The van der Waals surface area contributed by atoms with Crippen LogP contribution in [0.15, 0.2) is 59.8 Å². The van der Waals surface area contributed by atoms with E-state index in [0.29, 0.717) is 41.7 Å². The second-order valence-corrected chi connectivity index (χ2v) is 8.47. The number of methoxy groups -OCH3 is 3. The Balaban J connectivity index is 1.42. The summed E-state index contributed by atoms with van der Waals surface area (Å²) < 4.78 is 16.1. The number of carbonyl (C=O) groups is 2. The van der Waals surface area contributed by atoms with Crippen LogP contribution in [0.1, 0.15) is 21.5 Å². The lowest BCUT2D eigenvalue weighted by molar-refractivity contribution is -0.116. The number of hydrogen-bond acceptors (Lipinski definition) is 7. The average Bonchev–Trinajstić information content (AvgIpc) is 2.88. The van der Waals surface area contributed by atoms with Crippen molar-refractivity contribution >= 4 is 29.3 Å². The third-order valence-corrected chi connectivity index (χ3v) is 6.39. The van der Waals surface area contributed by atoms with E-state index in [2.05, 4.69) is 10.3 Å². The van der Waals surface area contributed by atoms with Crippen LogP contribution in [0, 0.1) is 0 Å². The van der Waals surface area contributed by atoms with Crippen molar-refractivity contribution in [3.63, 3.8) is 0 Å². The van der Waals surface area contributed by atoms with Crippen LogP contribution in [0.3, 0.4) is 0 Å². The van der Waals surface area contributed by atoms with Gasteiger partial charge < -0.3 is 24.4 Å². The Morgan fingerprint density at radius 3 is 2.38 bits per heavy atom. The lowest BCUT2D eigenvalue weighted by atomic mass is 10.1. The first-order chi connectivity index (χ1) is 16.5. The summed E-state index contributed by atoms with van der Waals surface area (Å²) >= 11 is 1.45. The average molecular weight is 480 g/mol. The van der Waals surface area contributed by atoms with Crippen molar-refractivity contribution in [2.45, 2.75) is 18.1 Å². The van der Waals surface area contributed by atoms with Crippen molar-refractivity contribution in [2.75, 3.05) is 32.0 Å². The molecule has 8 nitrogen and oxygen atoms in total. The Hall–Kier alpha value is -3.72. The summed E-state index contributed by atoms with van der Waals surface area (Å²) in [7, 11) is 4.64. The van der Waals surface area contributed by atoms with Crippen LogP contribution < -0.4 is 24.4 Å². The summed E-state index contributed by atoms with van der Waals surface area (Å²) in [5.41, 5.74) is 3.08. The highest BCUT2D eigenvalue weighted by Crippen LogP contribution is 2.38. The minimum absolute atomic E-state index is 0.0395. The number of anilines is 1. The van der Waals surface area contributed by atoms with E-state index < -0.39 is 0 Å². The van der Waals surface area contributed by atoms with Crippen LogP contribution in [0.5, 0.6) is 17.2 Å². The lowest BCUT2D eigenvalue weighted by Gasteiger charge is -2.28. The number of benzene rings is 2. The smallest absolute Gasteiger partial charge is 0.251 e. The molecule has 9 heteroatoms. The molecule has 0 aliphatic carbocycles. The first-order valence-corrected chi connectivity index (χ1v) is 11.6. The van der Waals surface area contributed by atoms with Crippen molar-refractivity contribution in [2.24, 2.45) is 0 Å². The Morgan fingerprint density at radius 1 is 1.03 bits per heavy atom. The quantitative estimate of drug-likeness (QED) is 0.527. The molecule has 176 valence electrons. The van der Waals surface area contributed by atoms with Gasteiger partial charge in [-0.2, -0.15) is 0 Å². The number of nitrogens with zero attached hydrogens (tertiary/aromatic N) is 2. The molecule has 2 heterocycles. The zero-order valence-corrected chi connectivity index (χ0v) is 20.0. The van der Waals surface area contributed by atoms with Crippen LogP contribution in [0.25, 0.3) is 0 Å². The summed E-state index contributed by atoms with van der Waals surface area (Å²) in [4.78, 5) is 31.3. The molecule has 34 heavy (non-hydrogen) atoms. The number of fused-ring (bicyclic) bond motifs is 1.